The van der Waals surface area contributed by atoms with Gasteiger partial charge in [0, 0.05) is 84.0 Å². The summed E-state index contributed by atoms with van der Waals surface area (Å²) in [7, 11) is 1.30. The van der Waals surface area contributed by atoms with Crippen molar-refractivity contribution < 1.29 is 33.4 Å². The molecule has 0 radical (unpaired) electrons. The number of thiazole rings is 1. The van der Waals surface area contributed by atoms with Crippen molar-refractivity contribution in [1.82, 2.24) is 25.4 Å². The number of amidine groups is 1. The number of esters is 1. The second kappa shape index (κ2) is 16.4. The zero-order valence-electron chi connectivity index (χ0n) is 31.0. The number of aliphatic imine (C=N–C) groups is 1. The number of anilines is 1. The second-order valence-corrected chi connectivity index (χ2v) is 15.6. The molecule has 2 fully saturated rings. The van der Waals surface area contributed by atoms with Gasteiger partial charge in [-0.2, -0.15) is 0 Å². The summed E-state index contributed by atoms with van der Waals surface area (Å²) < 4.78 is 25.3. The van der Waals surface area contributed by atoms with Crippen molar-refractivity contribution in [3.8, 4) is 11.5 Å². The SMILES string of the molecule is COC(=O)C1=C(CN2CCN3C(=O)N(c4ccc(Oc5ccc(C(=O)NC(C)(C)CCO)cc5)cc4)C[C@@H]3C2)NC(c2nccs2)=N[C@H]1c1ccc(F)cc1Cl. The summed E-state index contributed by atoms with van der Waals surface area (Å²) in [6.45, 7) is 6.05. The quantitative estimate of drug-likeness (QED) is 0.152. The molecule has 0 saturated carbocycles. The number of carbonyl (C=O) groups excluding carboxylic acids is 3. The van der Waals surface area contributed by atoms with E-state index in [1.165, 1.54) is 36.6 Å². The van der Waals surface area contributed by atoms with E-state index in [4.69, 9.17) is 26.1 Å². The van der Waals surface area contributed by atoms with Gasteiger partial charge in [0.15, 0.2) is 10.8 Å². The molecule has 2 atom stereocenters. The predicted octanol–water partition coefficient (Wildman–Crippen LogP) is 5.76. The molecule has 56 heavy (non-hydrogen) atoms. The Balaban J connectivity index is 1.03. The van der Waals surface area contributed by atoms with Gasteiger partial charge in [-0.05, 0) is 80.9 Å². The Bertz CT molecular complexity index is 2160. The van der Waals surface area contributed by atoms with Crippen LogP contribution in [-0.2, 0) is 9.53 Å². The van der Waals surface area contributed by atoms with Gasteiger partial charge in [0.25, 0.3) is 5.91 Å². The summed E-state index contributed by atoms with van der Waals surface area (Å²) in [5, 5.41) is 18.1. The first-order chi connectivity index (χ1) is 26.9. The number of hydrogen-bond donors (Lipinski definition) is 3. The molecule has 2 saturated heterocycles. The summed E-state index contributed by atoms with van der Waals surface area (Å²) in [5.74, 6) is 0.245. The van der Waals surface area contributed by atoms with Crippen LogP contribution in [0.15, 0.2) is 94.6 Å². The molecule has 4 aromatic rings. The molecule has 0 bridgehead atoms. The van der Waals surface area contributed by atoms with Crippen molar-refractivity contribution in [2.75, 3.05) is 51.3 Å². The minimum Gasteiger partial charge on any atom is -0.466 e. The van der Waals surface area contributed by atoms with Crippen LogP contribution < -0.4 is 20.3 Å². The number of methoxy groups -OCH3 is 1. The Morgan fingerprint density at radius 2 is 1.80 bits per heavy atom. The molecule has 3 N–H and O–H groups in total. The number of aliphatic hydroxyl groups excluding tert-OH is 1. The number of aliphatic hydroxyl groups is 1. The summed E-state index contributed by atoms with van der Waals surface area (Å²) in [5.41, 5.74) is 1.95. The molecule has 4 heterocycles. The van der Waals surface area contributed by atoms with Crippen molar-refractivity contribution >= 4 is 52.4 Å². The molecule has 3 aliphatic rings. The van der Waals surface area contributed by atoms with Gasteiger partial charge in [-0.15, -0.1) is 11.3 Å². The Labute approximate surface area is 332 Å². The fraction of sp³-hybridized carbons (Fsp3) is 0.325. The molecule has 1 aromatic heterocycles. The molecule has 3 aliphatic heterocycles. The van der Waals surface area contributed by atoms with Crippen LogP contribution in [0.3, 0.4) is 0 Å². The van der Waals surface area contributed by atoms with E-state index in [0.29, 0.717) is 78.3 Å². The molecule has 0 unspecified atom stereocenters. The van der Waals surface area contributed by atoms with Gasteiger partial charge < -0.3 is 30.1 Å². The molecule has 0 spiro atoms. The van der Waals surface area contributed by atoms with Gasteiger partial charge in [0.05, 0.1) is 18.7 Å². The first-order valence-electron chi connectivity index (χ1n) is 18.1. The van der Waals surface area contributed by atoms with Crippen molar-refractivity contribution in [2.24, 2.45) is 4.99 Å². The number of carbonyl (C=O) groups is 3. The number of ether oxygens (including phenoxy) is 2. The molecular formula is C40H41ClFN7O6S. The van der Waals surface area contributed by atoms with Crippen LogP contribution in [0.5, 0.6) is 11.5 Å². The third-order valence-corrected chi connectivity index (χ3v) is 11.0. The summed E-state index contributed by atoms with van der Waals surface area (Å²) in [6.07, 6.45) is 2.10. The highest BCUT2D eigenvalue weighted by Crippen LogP contribution is 2.37. The summed E-state index contributed by atoms with van der Waals surface area (Å²) in [6, 6.07) is 17.0. The van der Waals surface area contributed by atoms with Crippen molar-refractivity contribution in [3.63, 3.8) is 0 Å². The highest BCUT2D eigenvalue weighted by molar-refractivity contribution is 7.11. The van der Waals surface area contributed by atoms with Crippen LogP contribution in [0.4, 0.5) is 14.9 Å². The number of halogens is 2. The van der Waals surface area contributed by atoms with E-state index in [9.17, 15) is 23.9 Å². The fourth-order valence-electron chi connectivity index (χ4n) is 7.05. The molecule has 7 rings (SSSR count). The summed E-state index contributed by atoms with van der Waals surface area (Å²) >= 11 is 7.90. The highest BCUT2D eigenvalue weighted by atomic mass is 35.5. The lowest BCUT2D eigenvalue weighted by Gasteiger charge is -2.38. The van der Waals surface area contributed by atoms with Gasteiger partial charge in [0.1, 0.15) is 23.4 Å². The first kappa shape index (κ1) is 38.9. The van der Waals surface area contributed by atoms with E-state index in [0.717, 1.165) is 5.69 Å². The summed E-state index contributed by atoms with van der Waals surface area (Å²) in [4.78, 5) is 54.7. The van der Waals surface area contributed by atoms with E-state index in [-0.39, 0.29) is 35.2 Å². The van der Waals surface area contributed by atoms with Crippen LogP contribution in [0.25, 0.3) is 0 Å². The zero-order chi connectivity index (χ0) is 39.6. The predicted molar refractivity (Wildman–Crippen MR) is 211 cm³/mol. The minimum atomic E-state index is -0.871. The number of nitrogens with zero attached hydrogens (tertiary/aromatic N) is 5. The van der Waals surface area contributed by atoms with Gasteiger partial charge in [-0.25, -0.2) is 19.0 Å². The van der Waals surface area contributed by atoms with E-state index in [2.05, 4.69) is 20.5 Å². The van der Waals surface area contributed by atoms with E-state index in [1.807, 2.05) is 36.3 Å². The smallest absolute Gasteiger partial charge is 0.338 e. The molecule has 3 aromatic carbocycles. The molecule has 292 valence electrons. The molecule has 3 amide bonds. The monoisotopic (exact) mass is 801 g/mol. The first-order valence-corrected chi connectivity index (χ1v) is 19.3. The van der Waals surface area contributed by atoms with Crippen LogP contribution >= 0.6 is 22.9 Å². The van der Waals surface area contributed by atoms with Crippen LogP contribution in [0.1, 0.15) is 47.2 Å². The molecule has 16 heteroatoms. The number of aromatic nitrogens is 1. The van der Waals surface area contributed by atoms with Crippen molar-refractivity contribution in [2.45, 2.75) is 37.9 Å². The van der Waals surface area contributed by atoms with Crippen LogP contribution in [0, 0.1) is 5.82 Å². The Kier molecular flexibility index (Phi) is 11.4. The van der Waals surface area contributed by atoms with Crippen molar-refractivity contribution in [3.05, 3.63) is 117 Å². The molecule has 0 aliphatic carbocycles. The topological polar surface area (TPSA) is 149 Å². The van der Waals surface area contributed by atoms with Gasteiger partial charge in [-0.1, -0.05) is 17.7 Å². The van der Waals surface area contributed by atoms with E-state index < -0.39 is 23.4 Å². The largest absolute Gasteiger partial charge is 0.466 e. The standard InChI is InChI=1S/C40H41ClFN7O6S/c1-40(2,14-18-50)46-36(51)24-4-9-28(10-5-24)55-29-11-7-26(8-12-29)49-22-27-21-47(16-17-48(27)39(49)53)23-32-33(38(52)54-3)34(30-13-6-25(42)20-31(30)41)45-35(44-32)37-43-15-19-56-37/h4-13,15,19-20,27,34,50H,14,16-18,21-23H2,1-3H3,(H,44,45)(H,46,51)/t27-,34-/m0/s1. The lowest BCUT2D eigenvalue weighted by molar-refractivity contribution is -0.136. The maximum atomic E-state index is 14.1. The second-order valence-electron chi connectivity index (χ2n) is 14.3. The van der Waals surface area contributed by atoms with Gasteiger partial charge in [-0.3, -0.25) is 19.6 Å². The molecule has 13 nitrogen and oxygen atoms in total. The number of piperazine rings is 1. The number of urea groups is 1. The lowest BCUT2D eigenvalue weighted by Crippen LogP contribution is -2.53. The van der Waals surface area contributed by atoms with E-state index in [1.54, 1.807) is 47.5 Å². The van der Waals surface area contributed by atoms with Crippen LogP contribution in [-0.4, -0.2) is 102 Å². The Morgan fingerprint density at radius 1 is 1.07 bits per heavy atom. The average molecular weight is 802 g/mol. The normalized spacial score (nSPS) is 18.7. The highest BCUT2D eigenvalue weighted by Gasteiger charge is 2.42. The maximum absolute atomic E-state index is 14.1. The van der Waals surface area contributed by atoms with Crippen molar-refractivity contribution in [1.29, 1.82) is 0 Å². The number of fused-ring (bicyclic) bond motifs is 1. The van der Waals surface area contributed by atoms with E-state index >= 15 is 0 Å². The molecular weight excluding hydrogens is 761 g/mol. The van der Waals surface area contributed by atoms with Crippen LogP contribution in [0.2, 0.25) is 5.02 Å². The Morgan fingerprint density at radius 3 is 2.46 bits per heavy atom. The maximum Gasteiger partial charge on any atom is 0.338 e. The number of benzene rings is 3. The van der Waals surface area contributed by atoms with Gasteiger partial charge >= 0.3 is 12.0 Å². The van der Waals surface area contributed by atoms with Gasteiger partial charge in [0.2, 0.25) is 0 Å². The number of nitrogens with one attached hydrogen (secondary N) is 2. The number of rotatable bonds is 12. The minimum absolute atomic E-state index is 0.0234. The third kappa shape index (κ3) is 8.40. The lowest BCUT2D eigenvalue weighted by atomic mass is 9.95. The average Bonchev–Trinajstić information content (AvgIpc) is 3.83. The zero-order valence-corrected chi connectivity index (χ0v) is 32.6. The number of amides is 3. The Hall–Kier alpha value is -5.35. The fourth-order valence-corrected chi connectivity index (χ4v) is 7.91. The number of hydrogen-bond acceptors (Lipinski definition) is 11. The third-order valence-electron chi connectivity index (χ3n) is 9.93.